The van der Waals surface area contributed by atoms with Crippen LogP contribution in [0.5, 0.6) is 11.5 Å². The Morgan fingerprint density at radius 3 is 2.84 bits per heavy atom. The number of hydrogen-bond donors (Lipinski definition) is 3. The molecule has 1 amide bonds. The number of hydrazone groups is 1. The third kappa shape index (κ3) is 5.49. The highest BCUT2D eigenvalue weighted by molar-refractivity contribution is 9.10. The summed E-state index contributed by atoms with van der Waals surface area (Å²) in [5.74, 6) is 0.0333. The molecule has 0 spiro atoms. The Labute approximate surface area is 155 Å². The molecule has 0 radical (unpaired) electrons. The van der Waals surface area contributed by atoms with Gasteiger partial charge in [-0.25, -0.2) is 5.43 Å². The van der Waals surface area contributed by atoms with Gasteiger partial charge < -0.3 is 15.2 Å². The van der Waals surface area contributed by atoms with E-state index in [-0.39, 0.29) is 18.2 Å². The Kier molecular flexibility index (Phi) is 6.82. The molecule has 0 aliphatic rings. The number of rotatable bonds is 7. The normalized spacial score (nSPS) is 10.7. The molecule has 3 N–H and O–H groups in total. The first-order chi connectivity index (χ1) is 12.0. The van der Waals surface area contributed by atoms with Crippen LogP contribution < -0.4 is 15.5 Å². The number of benzene rings is 2. The highest BCUT2D eigenvalue weighted by Crippen LogP contribution is 2.32. The fourth-order valence-corrected chi connectivity index (χ4v) is 2.57. The lowest BCUT2D eigenvalue weighted by Gasteiger charge is -2.09. The van der Waals surface area contributed by atoms with Crippen LogP contribution in [0.15, 0.2) is 46.0 Å². The number of ether oxygens (including phenoxy) is 1. The minimum Gasteiger partial charge on any atom is -0.504 e. The summed E-state index contributed by atoms with van der Waals surface area (Å²) < 4.78 is 6.08. The van der Waals surface area contributed by atoms with Crippen LogP contribution in [-0.2, 0) is 4.79 Å². The van der Waals surface area contributed by atoms with Crippen LogP contribution in [-0.4, -0.2) is 30.4 Å². The van der Waals surface area contributed by atoms with Crippen LogP contribution in [0.1, 0.15) is 18.1 Å². The van der Waals surface area contributed by atoms with E-state index in [1.165, 1.54) is 6.21 Å². The maximum Gasteiger partial charge on any atom is 0.259 e. The maximum absolute atomic E-state index is 11.9. The van der Waals surface area contributed by atoms with Gasteiger partial charge in [-0.05, 0) is 37.6 Å². The second-order valence-electron chi connectivity index (χ2n) is 5.24. The van der Waals surface area contributed by atoms with Crippen molar-refractivity contribution in [3.63, 3.8) is 0 Å². The number of anilines is 1. The molecule has 0 unspecified atom stereocenters. The number of hydrogen-bond acceptors (Lipinski definition) is 5. The van der Waals surface area contributed by atoms with E-state index in [0.717, 1.165) is 15.7 Å². The summed E-state index contributed by atoms with van der Waals surface area (Å²) >= 11 is 3.35. The molecule has 7 heteroatoms. The minimum absolute atomic E-state index is 0.0268. The van der Waals surface area contributed by atoms with E-state index < -0.39 is 0 Å². The zero-order valence-electron chi connectivity index (χ0n) is 14.0. The molecule has 2 aromatic rings. The van der Waals surface area contributed by atoms with Gasteiger partial charge in [0, 0.05) is 15.7 Å². The van der Waals surface area contributed by atoms with Crippen molar-refractivity contribution in [2.75, 3.05) is 18.5 Å². The molecule has 6 nitrogen and oxygen atoms in total. The molecule has 2 rings (SSSR count). The molecule has 0 bridgehead atoms. The van der Waals surface area contributed by atoms with Gasteiger partial charge in [0.05, 0.1) is 19.4 Å². The maximum atomic E-state index is 11.9. The van der Waals surface area contributed by atoms with Gasteiger partial charge in [0.2, 0.25) is 0 Å². The van der Waals surface area contributed by atoms with E-state index in [1.54, 1.807) is 12.1 Å². The third-order valence-corrected chi connectivity index (χ3v) is 3.80. The van der Waals surface area contributed by atoms with Crippen molar-refractivity contribution in [2.24, 2.45) is 5.10 Å². The third-order valence-electron chi connectivity index (χ3n) is 3.35. The predicted molar refractivity (Wildman–Crippen MR) is 102 cm³/mol. The van der Waals surface area contributed by atoms with Gasteiger partial charge in [-0.15, -0.1) is 0 Å². The smallest absolute Gasteiger partial charge is 0.259 e. The number of aromatic hydroxyl groups is 1. The van der Waals surface area contributed by atoms with E-state index in [2.05, 4.69) is 31.8 Å². The first kappa shape index (κ1) is 18.8. The Bertz CT molecular complexity index is 778. The molecule has 0 heterocycles. The van der Waals surface area contributed by atoms with Gasteiger partial charge in [-0.1, -0.05) is 34.1 Å². The molecule has 2 aromatic carbocycles. The fraction of sp³-hybridized carbons (Fsp3) is 0.222. The minimum atomic E-state index is -0.293. The van der Waals surface area contributed by atoms with Crippen LogP contribution >= 0.6 is 15.9 Å². The molecule has 0 aliphatic carbocycles. The summed E-state index contributed by atoms with van der Waals surface area (Å²) in [7, 11) is 0. The number of carbonyl (C=O) groups is 1. The van der Waals surface area contributed by atoms with E-state index in [1.807, 2.05) is 38.1 Å². The van der Waals surface area contributed by atoms with Crippen molar-refractivity contribution in [1.82, 2.24) is 5.43 Å². The lowest BCUT2D eigenvalue weighted by molar-refractivity contribution is -0.119. The molecule has 25 heavy (non-hydrogen) atoms. The van der Waals surface area contributed by atoms with Gasteiger partial charge in [-0.3, -0.25) is 4.79 Å². The number of para-hydroxylation sites is 1. The van der Waals surface area contributed by atoms with Gasteiger partial charge in [0.25, 0.3) is 5.91 Å². The summed E-state index contributed by atoms with van der Waals surface area (Å²) in [5, 5.41) is 17.1. The summed E-state index contributed by atoms with van der Waals surface area (Å²) in [6, 6.07) is 11.0. The van der Waals surface area contributed by atoms with Crippen LogP contribution in [0.2, 0.25) is 0 Å². The standard InChI is InChI=1S/C18H20BrN3O3/c1-3-25-16-9-14(19)8-13(18(16)24)10-21-22-17(23)11-20-15-7-5-4-6-12(15)2/h4-10,20,24H,3,11H2,1-2H3,(H,22,23). The molecule has 0 atom stereocenters. The molecule has 0 aromatic heterocycles. The zero-order chi connectivity index (χ0) is 18.2. The Morgan fingerprint density at radius 2 is 2.12 bits per heavy atom. The number of amides is 1. The average Bonchev–Trinajstić information content (AvgIpc) is 2.58. The molecule has 0 saturated carbocycles. The van der Waals surface area contributed by atoms with Crippen molar-refractivity contribution in [3.05, 3.63) is 52.0 Å². The monoisotopic (exact) mass is 405 g/mol. The topological polar surface area (TPSA) is 83.0 Å². The average molecular weight is 406 g/mol. The largest absolute Gasteiger partial charge is 0.504 e. The zero-order valence-corrected chi connectivity index (χ0v) is 15.6. The van der Waals surface area contributed by atoms with E-state index in [4.69, 9.17) is 4.74 Å². The summed E-state index contributed by atoms with van der Waals surface area (Å²) in [6.07, 6.45) is 1.37. The highest BCUT2D eigenvalue weighted by Gasteiger charge is 2.09. The lowest BCUT2D eigenvalue weighted by atomic mass is 10.2. The summed E-state index contributed by atoms with van der Waals surface area (Å²) in [6.45, 7) is 4.32. The molecular weight excluding hydrogens is 386 g/mol. The molecular formula is C18H20BrN3O3. The number of phenols is 1. The molecule has 0 saturated heterocycles. The number of aryl methyl sites for hydroxylation is 1. The van der Waals surface area contributed by atoms with Crippen molar-refractivity contribution >= 4 is 33.7 Å². The fourth-order valence-electron chi connectivity index (χ4n) is 2.12. The van der Waals surface area contributed by atoms with Crippen molar-refractivity contribution < 1.29 is 14.6 Å². The van der Waals surface area contributed by atoms with E-state index >= 15 is 0 Å². The van der Waals surface area contributed by atoms with Gasteiger partial charge in [-0.2, -0.15) is 5.10 Å². The van der Waals surface area contributed by atoms with Crippen LogP contribution in [0.3, 0.4) is 0 Å². The number of carbonyl (C=O) groups excluding carboxylic acids is 1. The second kappa shape index (κ2) is 9.08. The molecule has 0 fully saturated rings. The van der Waals surface area contributed by atoms with Crippen molar-refractivity contribution in [2.45, 2.75) is 13.8 Å². The number of phenolic OH excluding ortho intramolecular Hbond substituents is 1. The quantitative estimate of drug-likeness (QED) is 0.486. The van der Waals surface area contributed by atoms with Gasteiger partial charge >= 0.3 is 0 Å². The van der Waals surface area contributed by atoms with Crippen LogP contribution in [0.4, 0.5) is 5.69 Å². The van der Waals surface area contributed by atoms with Crippen molar-refractivity contribution in [3.8, 4) is 11.5 Å². The van der Waals surface area contributed by atoms with Gasteiger partial charge in [0.1, 0.15) is 0 Å². The predicted octanol–water partition coefficient (Wildman–Crippen LogP) is 3.42. The first-order valence-electron chi connectivity index (χ1n) is 7.78. The Morgan fingerprint density at radius 1 is 1.36 bits per heavy atom. The first-order valence-corrected chi connectivity index (χ1v) is 8.57. The summed E-state index contributed by atoms with van der Waals surface area (Å²) in [4.78, 5) is 11.9. The SMILES string of the molecule is CCOc1cc(Br)cc(C=NNC(=O)CNc2ccccc2C)c1O. The van der Waals surface area contributed by atoms with E-state index in [9.17, 15) is 9.90 Å². The lowest BCUT2D eigenvalue weighted by Crippen LogP contribution is -2.26. The van der Waals surface area contributed by atoms with E-state index in [0.29, 0.717) is 17.9 Å². The van der Waals surface area contributed by atoms with Gasteiger partial charge in [0.15, 0.2) is 11.5 Å². The van der Waals surface area contributed by atoms with Crippen LogP contribution in [0.25, 0.3) is 0 Å². The highest BCUT2D eigenvalue weighted by atomic mass is 79.9. The van der Waals surface area contributed by atoms with Crippen LogP contribution in [0, 0.1) is 6.92 Å². The Balaban J connectivity index is 1.94. The number of nitrogens with one attached hydrogen (secondary N) is 2. The van der Waals surface area contributed by atoms with Crippen molar-refractivity contribution in [1.29, 1.82) is 0 Å². The number of nitrogens with zero attached hydrogens (tertiary/aromatic N) is 1. The molecule has 132 valence electrons. The second-order valence-corrected chi connectivity index (χ2v) is 6.15. The molecule has 0 aliphatic heterocycles. The number of halogens is 1. The summed E-state index contributed by atoms with van der Waals surface area (Å²) in [5.41, 5.74) is 4.81. The Hall–Kier alpha value is -2.54.